The fourth-order valence-corrected chi connectivity index (χ4v) is 2.81. The van der Waals surface area contributed by atoms with E-state index in [1.165, 1.54) is 0 Å². The molecule has 0 unspecified atom stereocenters. The number of nitrogens with zero attached hydrogens (tertiary/aromatic N) is 1. The molecular weight excluding hydrogens is 320 g/mol. The van der Waals surface area contributed by atoms with Gasteiger partial charge in [-0.2, -0.15) is 5.26 Å². The number of carbonyl (C=O) groups is 1. The Labute approximate surface area is 127 Å². The van der Waals surface area contributed by atoms with Crippen molar-refractivity contribution in [1.82, 2.24) is 5.32 Å². The number of hydrogen-bond acceptors (Lipinski definition) is 3. The van der Waals surface area contributed by atoms with E-state index in [9.17, 15) is 10.1 Å². The Bertz CT molecular complexity index is 519. The van der Waals surface area contributed by atoms with Crippen molar-refractivity contribution in [2.75, 3.05) is 6.61 Å². The topological polar surface area (TPSA) is 62.1 Å². The fourth-order valence-electron chi connectivity index (χ4n) is 2.43. The third-order valence-corrected chi connectivity index (χ3v) is 3.96. The second kappa shape index (κ2) is 6.76. The normalized spacial score (nSPS) is 17.0. The van der Waals surface area contributed by atoms with Gasteiger partial charge in [-0.1, -0.05) is 41.3 Å². The van der Waals surface area contributed by atoms with Crippen molar-refractivity contribution in [3.05, 3.63) is 28.7 Å². The minimum absolute atomic E-state index is 0.0696. The SMILES string of the molecule is N#CC1(NC(=O)COc2cccc(Br)c2)CCCCC1. The number of nitrogens with one attached hydrogen (secondary N) is 1. The maximum atomic E-state index is 11.9. The summed E-state index contributed by atoms with van der Waals surface area (Å²) in [6, 6.07) is 9.58. The zero-order valence-electron chi connectivity index (χ0n) is 11.2. The Balaban J connectivity index is 1.87. The number of hydrogen-bond donors (Lipinski definition) is 1. The van der Waals surface area contributed by atoms with Crippen molar-refractivity contribution >= 4 is 21.8 Å². The predicted molar refractivity (Wildman–Crippen MR) is 79.2 cm³/mol. The molecule has 0 radical (unpaired) electrons. The van der Waals surface area contributed by atoms with Gasteiger partial charge >= 0.3 is 0 Å². The molecule has 106 valence electrons. The van der Waals surface area contributed by atoms with Crippen LogP contribution in [0.3, 0.4) is 0 Å². The zero-order chi connectivity index (χ0) is 14.4. The highest BCUT2D eigenvalue weighted by Crippen LogP contribution is 2.27. The molecule has 1 saturated carbocycles. The van der Waals surface area contributed by atoms with Gasteiger partial charge in [-0.15, -0.1) is 0 Å². The summed E-state index contributed by atoms with van der Waals surface area (Å²) in [6.45, 7) is -0.0696. The lowest BCUT2D eigenvalue weighted by atomic mass is 9.83. The van der Waals surface area contributed by atoms with Gasteiger partial charge in [0.25, 0.3) is 5.91 Å². The minimum atomic E-state index is -0.698. The second-order valence-corrected chi connectivity index (χ2v) is 5.96. The third kappa shape index (κ3) is 3.97. The number of amides is 1. The van der Waals surface area contributed by atoms with Gasteiger partial charge in [-0.3, -0.25) is 4.79 Å². The van der Waals surface area contributed by atoms with Crippen molar-refractivity contribution in [2.45, 2.75) is 37.6 Å². The van der Waals surface area contributed by atoms with Crippen LogP contribution in [0, 0.1) is 11.3 Å². The minimum Gasteiger partial charge on any atom is -0.484 e. The highest BCUT2D eigenvalue weighted by Gasteiger charge is 2.33. The molecule has 1 fully saturated rings. The average molecular weight is 337 g/mol. The average Bonchev–Trinajstić information content (AvgIpc) is 2.46. The van der Waals surface area contributed by atoms with E-state index in [-0.39, 0.29) is 12.5 Å². The lowest BCUT2D eigenvalue weighted by molar-refractivity contribution is -0.124. The molecule has 1 aliphatic rings. The molecule has 0 saturated heterocycles. The highest BCUT2D eigenvalue weighted by atomic mass is 79.9. The largest absolute Gasteiger partial charge is 0.484 e. The standard InChI is InChI=1S/C15H17BrN2O2/c16-12-5-4-6-13(9-12)20-10-14(19)18-15(11-17)7-2-1-3-8-15/h4-6,9H,1-3,7-8,10H2,(H,18,19). The molecule has 4 nitrogen and oxygen atoms in total. The van der Waals surface area contributed by atoms with Gasteiger partial charge in [0.1, 0.15) is 11.3 Å². The number of nitriles is 1. The van der Waals surface area contributed by atoms with E-state index in [1.807, 2.05) is 12.1 Å². The van der Waals surface area contributed by atoms with Gasteiger partial charge in [0.15, 0.2) is 6.61 Å². The lowest BCUT2D eigenvalue weighted by Crippen LogP contribution is -2.50. The first-order chi connectivity index (χ1) is 9.63. The second-order valence-electron chi connectivity index (χ2n) is 5.05. The van der Waals surface area contributed by atoms with E-state index in [2.05, 4.69) is 27.3 Å². The Morgan fingerprint density at radius 2 is 2.15 bits per heavy atom. The molecule has 0 heterocycles. The molecule has 2 rings (SSSR count). The van der Waals surface area contributed by atoms with Crippen LogP contribution in [0.15, 0.2) is 28.7 Å². The summed E-state index contributed by atoms with van der Waals surface area (Å²) in [5.41, 5.74) is -0.698. The van der Waals surface area contributed by atoms with Gasteiger partial charge in [-0.05, 0) is 31.0 Å². The van der Waals surface area contributed by atoms with Gasteiger partial charge < -0.3 is 10.1 Å². The summed E-state index contributed by atoms with van der Waals surface area (Å²) in [7, 11) is 0. The summed E-state index contributed by atoms with van der Waals surface area (Å²) >= 11 is 3.34. The Morgan fingerprint density at radius 1 is 1.40 bits per heavy atom. The van der Waals surface area contributed by atoms with E-state index in [0.29, 0.717) is 5.75 Å². The summed E-state index contributed by atoms with van der Waals surface area (Å²) in [5.74, 6) is 0.387. The first-order valence-electron chi connectivity index (χ1n) is 6.74. The Kier molecular flexibility index (Phi) is 5.02. The first kappa shape index (κ1) is 14.9. The van der Waals surface area contributed by atoms with Crippen LogP contribution >= 0.6 is 15.9 Å². The molecular formula is C15H17BrN2O2. The van der Waals surface area contributed by atoms with Crippen molar-refractivity contribution < 1.29 is 9.53 Å². The van der Waals surface area contributed by atoms with E-state index < -0.39 is 5.54 Å². The molecule has 0 atom stereocenters. The van der Waals surface area contributed by atoms with Crippen molar-refractivity contribution in [1.29, 1.82) is 5.26 Å². The van der Waals surface area contributed by atoms with Gasteiger partial charge in [0.2, 0.25) is 0 Å². The van der Waals surface area contributed by atoms with E-state index in [4.69, 9.17) is 4.74 Å². The zero-order valence-corrected chi connectivity index (χ0v) is 12.8. The number of carbonyl (C=O) groups excluding carboxylic acids is 1. The first-order valence-corrected chi connectivity index (χ1v) is 7.53. The van der Waals surface area contributed by atoms with Crippen LogP contribution in [-0.2, 0) is 4.79 Å². The predicted octanol–water partition coefficient (Wildman–Crippen LogP) is 3.17. The fraction of sp³-hybridized carbons (Fsp3) is 0.467. The quantitative estimate of drug-likeness (QED) is 0.918. The monoisotopic (exact) mass is 336 g/mol. The van der Waals surface area contributed by atoms with Crippen LogP contribution in [0.25, 0.3) is 0 Å². The summed E-state index contributed by atoms with van der Waals surface area (Å²) in [6.07, 6.45) is 4.56. The lowest BCUT2D eigenvalue weighted by Gasteiger charge is -2.31. The number of halogens is 1. The maximum Gasteiger partial charge on any atom is 0.259 e. The summed E-state index contributed by atoms with van der Waals surface area (Å²) in [4.78, 5) is 11.9. The van der Waals surface area contributed by atoms with Crippen molar-refractivity contribution in [2.24, 2.45) is 0 Å². The molecule has 20 heavy (non-hydrogen) atoms. The maximum absolute atomic E-state index is 11.9. The van der Waals surface area contributed by atoms with Crippen LogP contribution in [-0.4, -0.2) is 18.1 Å². The van der Waals surface area contributed by atoms with Crippen LogP contribution in [0.1, 0.15) is 32.1 Å². The number of benzene rings is 1. The Morgan fingerprint density at radius 3 is 2.80 bits per heavy atom. The van der Waals surface area contributed by atoms with Gasteiger partial charge in [0.05, 0.1) is 6.07 Å². The highest BCUT2D eigenvalue weighted by molar-refractivity contribution is 9.10. The molecule has 1 aromatic carbocycles. The van der Waals surface area contributed by atoms with Crippen molar-refractivity contribution in [3.8, 4) is 11.8 Å². The van der Waals surface area contributed by atoms with Crippen LogP contribution in [0.2, 0.25) is 0 Å². The van der Waals surface area contributed by atoms with E-state index >= 15 is 0 Å². The van der Waals surface area contributed by atoms with Crippen molar-refractivity contribution in [3.63, 3.8) is 0 Å². The molecule has 1 N–H and O–H groups in total. The summed E-state index contributed by atoms with van der Waals surface area (Å²) < 4.78 is 6.33. The molecule has 0 bridgehead atoms. The molecule has 1 amide bonds. The molecule has 1 aliphatic carbocycles. The molecule has 0 aromatic heterocycles. The smallest absolute Gasteiger partial charge is 0.259 e. The summed E-state index contributed by atoms with van der Waals surface area (Å²) in [5, 5.41) is 12.1. The van der Waals surface area contributed by atoms with Crippen LogP contribution < -0.4 is 10.1 Å². The number of rotatable bonds is 4. The molecule has 1 aromatic rings. The van der Waals surface area contributed by atoms with Gasteiger partial charge in [-0.25, -0.2) is 0 Å². The number of ether oxygens (including phenoxy) is 1. The van der Waals surface area contributed by atoms with E-state index in [1.54, 1.807) is 12.1 Å². The molecule has 0 aliphatic heterocycles. The molecule has 0 spiro atoms. The third-order valence-electron chi connectivity index (χ3n) is 3.47. The van der Waals surface area contributed by atoms with Crippen LogP contribution in [0.5, 0.6) is 5.75 Å². The van der Waals surface area contributed by atoms with E-state index in [0.717, 1.165) is 36.6 Å². The molecule has 5 heteroatoms. The Hall–Kier alpha value is -1.54. The van der Waals surface area contributed by atoms with Crippen LogP contribution in [0.4, 0.5) is 0 Å². The van der Waals surface area contributed by atoms with Gasteiger partial charge in [0, 0.05) is 4.47 Å².